The molecule has 2 nitrogen and oxygen atoms in total. The maximum absolute atomic E-state index is 13.6. The molecule has 0 amide bonds. The number of halogens is 3. The van der Waals surface area contributed by atoms with E-state index in [2.05, 4.69) is 5.32 Å². The number of methoxy groups -OCH3 is 1. The van der Waals surface area contributed by atoms with Gasteiger partial charge in [0.15, 0.2) is 5.82 Å². The third-order valence-electron chi connectivity index (χ3n) is 2.66. The Balaban J connectivity index is 2.19. The van der Waals surface area contributed by atoms with Crippen LogP contribution in [0.4, 0.5) is 14.5 Å². The first-order chi connectivity index (χ1) is 9.11. The van der Waals surface area contributed by atoms with Gasteiger partial charge in [-0.1, -0.05) is 29.8 Å². The fourth-order valence-corrected chi connectivity index (χ4v) is 2.01. The van der Waals surface area contributed by atoms with Crippen LogP contribution in [0.1, 0.15) is 5.56 Å². The summed E-state index contributed by atoms with van der Waals surface area (Å²) in [4.78, 5) is 0. The van der Waals surface area contributed by atoms with Crippen LogP contribution in [0.5, 0.6) is 5.75 Å². The van der Waals surface area contributed by atoms with Gasteiger partial charge in [0.05, 0.1) is 17.8 Å². The number of benzene rings is 2. The van der Waals surface area contributed by atoms with E-state index in [1.165, 1.54) is 0 Å². The molecule has 2 rings (SSSR count). The summed E-state index contributed by atoms with van der Waals surface area (Å²) in [5, 5.41) is 2.85. The lowest BCUT2D eigenvalue weighted by molar-refractivity contribution is 0.410. The zero-order valence-corrected chi connectivity index (χ0v) is 11.0. The van der Waals surface area contributed by atoms with Crippen LogP contribution in [0.15, 0.2) is 36.4 Å². The maximum Gasteiger partial charge on any atom is 0.150 e. The van der Waals surface area contributed by atoms with Crippen LogP contribution in [0, 0.1) is 11.6 Å². The second-order valence-corrected chi connectivity index (χ2v) is 4.32. The molecule has 0 bridgehead atoms. The zero-order valence-electron chi connectivity index (χ0n) is 10.2. The largest absolute Gasteiger partial charge is 0.496 e. The third kappa shape index (κ3) is 3.15. The summed E-state index contributed by atoms with van der Waals surface area (Å²) in [7, 11) is 1.56. The van der Waals surface area contributed by atoms with Crippen molar-refractivity contribution in [1.82, 2.24) is 0 Å². The van der Waals surface area contributed by atoms with Gasteiger partial charge in [0.1, 0.15) is 11.6 Å². The molecule has 0 saturated carbocycles. The Kier molecular flexibility index (Phi) is 4.22. The van der Waals surface area contributed by atoms with E-state index in [4.69, 9.17) is 16.3 Å². The normalized spacial score (nSPS) is 10.3. The summed E-state index contributed by atoms with van der Waals surface area (Å²) >= 11 is 5.80. The van der Waals surface area contributed by atoms with Gasteiger partial charge >= 0.3 is 0 Å². The molecule has 5 heteroatoms. The van der Waals surface area contributed by atoms with Crippen LogP contribution in [-0.4, -0.2) is 7.11 Å². The van der Waals surface area contributed by atoms with E-state index in [9.17, 15) is 8.78 Å². The van der Waals surface area contributed by atoms with Crippen molar-refractivity contribution in [2.24, 2.45) is 0 Å². The molecule has 1 N–H and O–H groups in total. The summed E-state index contributed by atoms with van der Waals surface area (Å²) in [5.74, 6) is -0.737. The Morgan fingerprint density at radius 2 is 1.95 bits per heavy atom. The Bertz CT molecular complexity index is 566. The number of rotatable bonds is 4. The lowest BCUT2D eigenvalue weighted by Crippen LogP contribution is -2.04. The van der Waals surface area contributed by atoms with Crippen molar-refractivity contribution in [3.05, 3.63) is 58.6 Å². The molecule has 0 aliphatic rings. The van der Waals surface area contributed by atoms with Crippen LogP contribution in [0.2, 0.25) is 5.02 Å². The predicted molar refractivity (Wildman–Crippen MR) is 71.7 cm³/mol. The van der Waals surface area contributed by atoms with Crippen molar-refractivity contribution in [2.45, 2.75) is 6.54 Å². The molecule has 0 heterocycles. The fraction of sp³-hybridized carbons (Fsp3) is 0.143. The van der Waals surface area contributed by atoms with Crippen molar-refractivity contribution in [3.8, 4) is 5.75 Å². The van der Waals surface area contributed by atoms with Crippen molar-refractivity contribution in [2.75, 3.05) is 12.4 Å². The summed E-state index contributed by atoms with van der Waals surface area (Å²) in [6.45, 7) is 0.326. The molecule has 0 atom stereocenters. The average molecular weight is 284 g/mol. The van der Waals surface area contributed by atoms with Gasteiger partial charge in [-0.2, -0.15) is 0 Å². The Morgan fingerprint density at radius 1 is 1.21 bits per heavy atom. The highest BCUT2D eigenvalue weighted by atomic mass is 35.5. The van der Waals surface area contributed by atoms with Gasteiger partial charge in [-0.05, 0) is 12.1 Å². The van der Waals surface area contributed by atoms with E-state index in [-0.39, 0.29) is 10.7 Å². The predicted octanol–water partition coefficient (Wildman–Crippen LogP) is 4.24. The van der Waals surface area contributed by atoms with Crippen LogP contribution in [0.25, 0.3) is 0 Å². The summed E-state index contributed by atoms with van der Waals surface area (Å²) < 4.78 is 31.7. The van der Waals surface area contributed by atoms with Crippen LogP contribution >= 0.6 is 11.6 Å². The van der Waals surface area contributed by atoms with Crippen molar-refractivity contribution >= 4 is 17.3 Å². The van der Waals surface area contributed by atoms with Gasteiger partial charge in [0.2, 0.25) is 0 Å². The minimum absolute atomic E-state index is 0.00685. The minimum atomic E-state index is -0.722. The minimum Gasteiger partial charge on any atom is -0.496 e. The van der Waals surface area contributed by atoms with Gasteiger partial charge < -0.3 is 10.1 Å². The lowest BCUT2D eigenvalue weighted by atomic mass is 10.2. The molecule has 0 unspecified atom stereocenters. The monoisotopic (exact) mass is 283 g/mol. The molecule has 0 aromatic heterocycles. The van der Waals surface area contributed by atoms with E-state index < -0.39 is 11.6 Å². The molecular weight excluding hydrogens is 272 g/mol. The molecule has 0 spiro atoms. The SMILES string of the molecule is COc1ccccc1CNc1c(F)cc(F)cc1Cl. The molecule has 2 aromatic rings. The Labute approximate surface area is 115 Å². The standard InChI is InChI=1S/C14H12ClF2NO/c1-19-13-5-3-2-4-9(13)8-18-14-11(15)6-10(16)7-12(14)17/h2-7,18H,8H2,1H3. The number of hydrogen-bond acceptors (Lipinski definition) is 2. The fourth-order valence-electron chi connectivity index (χ4n) is 1.74. The van der Waals surface area contributed by atoms with Gasteiger partial charge in [-0.25, -0.2) is 8.78 Å². The molecule has 19 heavy (non-hydrogen) atoms. The van der Waals surface area contributed by atoms with Crippen LogP contribution < -0.4 is 10.1 Å². The third-order valence-corrected chi connectivity index (χ3v) is 2.95. The average Bonchev–Trinajstić information content (AvgIpc) is 2.38. The van der Waals surface area contributed by atoms with Crippen molar-refractivity contribution < 1.29 is 13.5 Å². The second kappa shape index (κ2) is 5.89. The lowest BCUT2D eigenvalue weighted by Gasteiger charge is -2.12. The first-order valence-electron chi connectivity index (χ1n) is 5.62. The van der Waals surface area contributed by atoms with E-state index in [1.54, 1.807) is 13.2 Å². The molecular formula is C14H12ClF2NO. The van der Waals surface area contributed by atoms with E-state index in [0.29, 0.717) is 12.3 Å². The summed E-state index contributed by atoms with van der Waals surface area (Å²) in [6.07, 6.45) is 0. The maximum atomic E-state index is 13.6. The molecule has 0 fully saturated rings. The van der Waals surface area contributed by atoms with Gasteiger partial charge in [-0.3, -0.25) is 0 Å². The molecule has 0 aliphatic heterocycles. The first-order valence-corrected chi connectivity index (χ1v) is 6.00. The summed E-state index contributed by atoms with van der Waals surface area (Å²) in [6, 6.07) is 9.20. The van der Waals surface area contributed by atoms with Crippen LogP contribution in [0.3, 0.4) is 0 Å². The number of ether oxygens (including phenoxy) is 1. The van der Waals surface area contributed by atoms with E-state index in [1.807, 2.05) is 18.2 Å². The molecule has 2 aromatic carbocycles. The molecule has 0 saturated heterocycles. The highest BCUT2D eigenvalue weighted by Crippen LogP contribution is 2.27. The highest BCUT2D eigenvalue weighted by Gasteiger charge is 2.10. The number of hydrogen-bond donors (Lipinski definition) is 1. The van der Waals surface area contributed by atoms with E-state index >= 15 is 0 Å². The Hall–Kier alpha value is -1.81. The van der Waals surface area contributed by atoms with Crippen molar-refractivity contribution in [3.63, 3.8) is 0 Å². The molecule has 0 aliphatic carbocycles. The number of nitrogens with one attached hydrogen (secondary N) is 1. The number of anilines is 1. The topological polar surface area (TPSA) is 21.3 Å². The van der Waals surface area contributed by atoms with Crippen LogP contribution in [-0.2, 0) is 6.54 Å². The highest BCUT2D eigenvalue weighted by molar-refractivity contribution is 6.33. The summed E-state index contributed by atoms with van der Waals surface area (Å²) in [5.41, 5.74) is 0.929. The molecule has 100 valence electrons. The quantitative estimate of drug-likeness (QED) is 0.906. The van der Waals surface area contributed by atoms with Gasteiger partial charge in [0.25, 0.3) is 0 Å². The van der Waals surface area contributed by atoms with Crippen molar-refractivity contribution in [1.29, 1.82) is 0 Å². The van der Waals surface area contributed by atoms with Gasteiger partial charge in [0, 0.05) is 18.2 Å². The number of para-hydroxylation sites is 1. The first kappa shape index (κ1) is 13.6. The smallest absolute Gasteiger partial charge is 0.150 e. The van der Waals surface area contributed by atoms with E-state index in [0.717, 1.165) is 17.7 Å². The zero-order chi connectivity index (χ0) is 13.8. The molecule has 0 radical (unpaired) electrons. The Morgan fingerprint density at radius 3 is 2.63 bits per heavy atom. The second-order valence-electron chi connectivity index (χ2n) is 3.91. The van der Waals surface area contributed by atoms with Gasteiger partial charge in [-0.15, -0.1) is 0 Å².